The van der Waals surface area contributed by atoms with Crippen LogP contribution in [0.5, 0.6) is 0 Å². The predicted molar refractivity (Wildman–Crippen MR) is 93.0 cm³/mol. The van der Waals surface area contributed by atoms with Crippen LogP contribution in [0.3, 0.4) is 0 Å². The summed E-state index contributed by atoms with van der Waals surface area (Å²) in [6.07, 6.45) is 16.2. The van der Waals surface area contributed by atoms with Crippen molar-refractivity contribution in [2.24, 2.45) is 0 Å². The summed E-state index contributed by atoms with van der Waals surface area (Å²) in [6.45, 7) is 2.24. The molecule has 1 fully saturated rings. The van der Waals surface area contributed by atoms with Crippen LogP contribution in [0, 0.1) is 0 Å². The van der Waals surface area contributed by atoms with E-state index >= 15 is 0 Å². The summed E-state index contributed by atoms with van der Waals surface area (Å²) >= 11 is 4.56. The summed E-state index contributed by atoms with van der Waals surface area (Å²) in [6, 6.07) is 0. The summed E-state index contributed by atoms with van der Waals surface area (Å²) in [4.78, 5) is 11.9. The Morgan fingerprint density at radius 2 is 1.52 bits per heavy atom. The van der Waals surface area contributed by atoms with Gasteiger partial charge >= 0.3 is 5.97 Å². The second-order valence-electron chi connectivity index (χ2n) is 6.50. The Morgan fingerprint density at radius 1 is 0.952 bits per heavy atom. The molecule has 0 aromatic heterocycles. The average molecular weight is 315 g/mol. The Labute approximate surface area is 136 Å². The van der Waals surface area contributed by atoms with E-state index < -0.39 is 0 Å². The normalized spacial score (nSPS) is 23.3. The van der Waals surface area contributed by atoms with E-state index in [1.165, 1.54) is 38.5 Å². The van der Waals surface area contributed by atoms with Gasteiger partial charge < -0.3 is 4.74 Å². The SMILES string of the molecule is CCCCCCCCCC(=O)OC1CCCC(S)CCC1. The van der Waals surface area contributed by atoms with E-state index in [2.05, 4.69) is 19.6 Å². The first-order chi connectivity index (χ1) is 10.2. The van der Waals surface area contributed by atoms with Crippen LogP contribution in [-0.2, 0) is 9.53 Å². The number of hydrogen-bond donors (Lipinski definition) is 1. The minimum absolute atomic E-state index is 0.0246. The highest BCUT2D eigenvalue weighted by Gasteiger charge is 2.18. The molecule has 3 heteroatoms. The monoisotopic (exact) mass is 314 g/mol. The standard InChI is InChI=1S/C18H34O2S/c1-2-3-4-5-6-7-8-15-18(19)20-16-11-9-13-17(21)14-10-12-16/h16-17,21H,2-15H2,1H3. The molecule has 1 aliphatic rings. The molecule has 0 aromatic carbocycles. The van der Waals surface area contributed by atoms with Gasteiger partial charge in [0.15, 0.2) is 0 Å². The molecule has 21 heavy (non-hydrogen) atoms. The first-order valence-corrected chi connectivity index (χ1v) is 9.61. The fourth-order valence-corrected chi connectivity index (χ4v) is 3.41. The second kappa shape index (κ2) is 12.4. The molecule has 0 atom stereocenters. The smallest absolute Gasteiger partial charge is 0.306 e. The molecule has 1 rings (SSSR count). The summed E-state index contributed by atoms with van der Waals surface area (Å²) in [5.74, 6) is 0.0246. The van der Waals surface area contributed by atoms with Gasteiger partial charge in [-0.05, 0) is 44.9 Å². The van der Waals surface area contributed by atoms with Crippen molar-refractivity contribution in [2.45, 2.75) is 108 Å². The molecule has 1 aliphatic carbocycles. The van der Waals surface area contributed by atoms with Gasteiger partial charge in [0, 0.05) is 11.7 Å². The van der Waals surface area contributed by atoms with E-state index in [4.69, 9.17) is 4.74 Å². The molecule has 0 unspecified atom stereocenters. The van der Waals surface area contributed by atoms with E-state index in [9.17, 15) is 4.79 Å². The highest BCUT2D eigenvalue weighted by molar-refractivity contribution is 7.80. The lowest BCUT2D eigenvalue weighted by molar-refractivity contribution is -0.150. The molecule has 0 heterocycles. The number of unbranched alkanes of at least 4 members (excludes halogenated alkanes) is 6. The minimum atomic E-state index is 0.0246. The van der Waals surface area contributed by atoms with Crippen molar-refractivity contribution in [1.82, 2.24) is 0 Å². The van der Waals surface area contributed by atoms with Gasteiger partial charge in [0.2, 0.25) is 0 Å². The Kier molecular flexibility index (Phi) is 11.1. The number of rotatable bonds is 9. The van der Waals surface area contributed by atoms with Crippen LogP contribution in [0.4, 0.5) is 0 Å². The molecule has 0 saturated heterocycles. The highest BCUT2D eigenvalue weighted by atomic mass is 32.1. The van der Waals surface area contributed by atoms with E-state index in [0.717, 1.165) is 44.9 Å². The van der Waals surface area contributed by atoms with Gasteiger partial charge in [0.05, 0.1) is 0 Å². The summed E-state index contributed by atoms with van der Waals surface area (Å²) in [5.41, 5.74) is 0. The molecular formula is C18H34O2S. The van der Waals surface area contributed by atoms with Crippen molar-refractivity contribution in [3.8, 4) is 0 Å². The number of esters is 1. The number of carbonyl (C=O) groups excluding carboxylic acids is 1. The van der Waals surface area contributed by atoms with Gasteiger partial charge in [0.25, 0.3) is 0 Å². The number of carbonyl (C=O) groups is 1. The first kappa shape index (κ1) is 18.9. The number of hydrogen-bond acceptors (Lipinski definition) is 3. The first-order valence-electron chi connectivity index (χ1n) is 9.10. The van der Waals surface area contributed by atoms with Crippen LogP contribution in [-0.4, -0.2) is 17.3 Å². The maximum atomic E-state index is 11.9. The van der Waals surface area contributed by atoms with Crippen LogP contribution >= 0.6 is 12.6 Å². The molecular weight excluding hydrogens is 280 g/mol. The summed E-state index contributed by atoms with van der Waals surface area (Å²) in [5, 5.41) is 0.550. The van der Waals surface area contributed by atoms with Gasteiger partial charge in [-0.25, -0.2) is 0 Å². The van der Waals surface area contributed by atoms with E-state index in [-0.39, 0.29) is 12.1 Å². The lowest BCUT2D eigenvalue weighted by Crippen LogP contribution is -2.20. The van der Waals surface area contributed by atoms with Crippen molar-refractivity contribution >= 4 is 18.6 Å². The maximum Gasteiger partial charge on any atom is 0.306 e. The summed E-state index contributed by atoms with van der Waals surface area (Å²) < 4.78 is 5.64. The van der Waals surface area contributed by atoms with Crippen LogP contribution in [0.1, 0.15) is 96.8 Å². The van der Waals surface area contributed by atoms with Crippen molar-refractivity contribution < 1.29 is 9.53 Å². The molecule has 0 amide bonds. The van der Waals surface area contributed by atoms with Gasteiger partial charge in [0.1, 0.15) is 6.10 Å². The van der Waals surface area contributed by atoms with Crippen molar-refractivity contribution in [1.29, 1.82) is 0 Å². The Morgan fingerprint density at radius 3 is 2.14 bits per heavy atom. The molecule has 1 saturated carbocycles. The maximum absolute atomic E-state index is 11.9. The zero-order valence-electron chi connectivity index (χ0n) is 13.8. The lowest BCUT2D eigenvalue weighted by Gasteiger charge is -2.22. The Balaban J connectivity index is 2.02. The van der Waals surface area contributed by atoms with Crippen LogP contribution in [0.2, 0.25) is 0 Å². The second-order valence-corrected chi connectivity index (χ2v) is 7.23. The zero-order chi connectivity index (χ0) is 15.3. The van der Waals surface area contributed by atoms with Crippen molar-refractivity contribution in [3.05, 3.63) is 0 Å². The Hall–Kier alpha value is -0.180. The zero-order valence-corrected chi connectivity index (χ0v) is 14.7. The van der Waals surface area contributed by atoms with Crippen LogP contribution in [0.15, 0.2) is 0 Å². The topological polar surface area (TPSA) is 26.3 Å². The van der Waals surface area contributed by atoms with Crippen LogP contribution < -0.4 is 0 Å². The average Bonchev–Trinajstić information content (AvgIpc) is 2.44. The molecule has 2 nitrogen and oxygen atoms in total. The van der Waals surface area contributed by atoms with E-state index in [0.29, 0.717) is 11.7 Å². The van der Waals surface area contributed by atoms with Gasteiger partial charge in [-0.2, -0.15) is 12.6 Å². The van der Waals surface area contributed by atoms with E-state index in [1.54, 1.807) is 0 Å². The van der Waals surface area contributed by atoms with Gasteiger partial charge in [-0.3, -0.25) is 4.79 Å². The fourth-order valence-electron chi connectivity index (χ4n) is 3.04. The van der Waals surface area contributed by atoms with Crippen molar-refractivity contribution in [3.63, 3.8) is 0 Å². The molecule has 0 aromatic rings. The van der Waals surface area contributed by atoms with Crippen molar-refractivity contribution in [2.75, 3.05) is 0 Å². The number of ether oxygens (including phenoxy) is 1. The lowest BCUT2D eigenvalue weighted by atomic mass is 9.98. The third kappa shape index (κ3) is 10.2. The quantitative estimate of drug-likeness (QED) is 0.336. The molecule has 0 radical (unpaired) electrons. The third-order valence-electron chi connectivity index (χ3n) is 4.41. The molecule has 0 bridgehead atoms. The molecule has 0 aliphatic heterocycles. The number of thiol groups is 1. The van der Waals surface area contributed by atoms with Gasteiger partial charge in [-0.1, -0.05) is 45.4 Å². The fraction of sp³-hybridized carbons (Fsp3) is 0.944. The Bertz CT molecular complexity index is 258. The predicted octanol–water partition coefficient (Wildman–Crippen LogP) is 5.69. The highest BCUT2D eigenvalue weighted by Crippen LogP contribution is 2.23. The summed E-state index contributed by atoms with van der Waals surface area (Å²) in [7, 11) is 0. The largest absolute Gasteiger partial charge is 0.462 e. The van der Waals surface area contributed by atoms with Gasteiger partial charge in [-0.15, -0.1) is 0 Å². The molecule has 0 N–H and O–H groups in total. The van der Waals surface area contributed by atoms with Crippen LogP contribution in [0.25, 0.3) is 0 Å². The third-order valence-corrected chi connectivity index (χ3v) is 4.93. The van der Waals surface area contributed by atoms with E-state index in [1.807, 2.05) is 0 Å². The minimum Gasteiger partial charge on any atom is -0.462 e. The molecule has 0 spiro atoms. The molecule has 124 valence electrons.